The van der Waals surface area contributed by atoms with Gasteiger partial charge >= 0.3 is 0 Å². The number of aryl methyl sites for hydroxylation is 1. The largest absolute Gasteiger partial charge is 0.494 e. The molecule has 0 unspecified atom stereocenters. The number of benzene rings is 2. The maximum absolute atomic E-state index is 12.9. The van der Waals surface area contributed by atoms with E-state index in [2.05, 4.69) is 15.7 Å². The van der Waals surface area contributed by atoms with Crippen LogP contribution in [-0.2, 0) is 14.4 Å². The molecule has 0 saturated carbocycles. The molecular weight excluding hydrogens is 386 g/mol. The Morgan fingerprint density at radius 3 is 2.43 bits per heavy atom. The van der Waals surface area contributed by atoms with Crippen LogP contribution in [0.4, 0.5) is 11.4 Å². The molecule has 0 radical (unpaired) electrons. The third-order valence-corrected chi connectivity index (χ3v) is 4.90. The zero-order chi connectivity index (χ0) is 21.3. The van der Waals surface area contributed by atoms with Gasteiger partial charge in [-0.15, -0.1) is 0 Å². The van der Waals surface area contributed by atoms with Gasteiger partial charge in [0.15, 0.2) is 12.1 Å². The molecule has 1 N–H and O–H groups in total. The second kappa shape index (κ2) is 7.94. The van der Waals surface area contributed by atoms with Crippen LogP contribution in [0.3, 0.4) is 0 Å². The van der Waals surface area contributed by atoms with E-state index in [0.717, 1.165) is 10.5 Å². The third-order valence-electron chi connectivity index (χ3n) is 4.90. The van der Waals surface area contributed by atoms with Crippen molar-refractivity contribution < 1.29 is 19.1 Å². The second-order valence-electron chi connectivity index (χ2n) is 7.05. The molecular formula is C21H21N5O4. The lowest BCUT2D eigenvalue weighted by Crippen LogP contribution is -2.43. The predicted molar refractivity (Wildman–Crippen MR) is 109 cm³/mol. The Morgan fingerprint density at radius 1 is 1.07 bits per heavy atom. The highest BCUT2D eigenvalue weighted by Gasteiger charge is 2.55. The quantitative estimate of drug-likeness (QED) is 0.740. The minimum absolute atomic E-state index is 0.196. The Kier molecular flexibility index (Phi) is 5.18. The summed E-state index contributed by atoms with van der Waals surface area (Å²) in [5, 5.41) is 11.8. The molecule has 2 heterocycles. The minimum atomic E-state index is -0.933. The van der Waals surface area contributed by atoms with Crippen LogP contribution < -0.4 is 15.0 Å². The number of nitrogens with zero attached hydrogens (tertiary/aromatic N) is 4. The Labute approximate surface area is 173 Å². The number of carbonyl (C=O) groups is 3. The Hall–Kier alpha value is -3.75. The van der Waals surface area contributed by atoms with Gasteiger partial charge < -0.3 is 10.1 Å². The fourth-order valence-corrected chi connectivity index (χ4v) is 3.45. The van der Waals surface area contributed by atoms with E-state index in [1.54, 1.807) is 36.4 Å². The fourth-order valence-electron chi connectivity index (χ4n) is 3.45. The van der Waals surface area contributed by atoms with Crippen LogP contribution in [0.2, 0.25) is 0 Å². The van der Waals surface area contributed by atoms with Crippen molar-refractivity contribution in [2.75, 3.05) is 23.4 Å². The molecule has 30 heavy (non-hydrogen) atoms. The van der Waals surface area contributed by atoms with Crippen molar-refractivity contribution in [1.82, 2.24) is 5.01 Å². The maximum atomic E-state index is 12.9. The molecule has 2 aromatic rings. The van der Waals surface area contributed by atoms with Crippen LogP contribution in [0.5, 0.6) is 5.75 Å². The molecule has 1 fully saturated rings. The third kappa shape index (κ3) is 3.61. The summed E-state index contributed by atoms with van der Waals surface area (Å²) in [5.74, 6) is -0.537. The van der Waals surface area contributed by atoms with Gasteiger partial charge in [-0.1, -0.05) is 22.9 Å². The summed E-state index contributed by atoms with van der Waals surface area (Å²) in [4.78, 5) is 39.2. The molecule has 2 aliphatic rings. The number of nitrogens with one attached hydrogen (secondary N) is 1. The van der Waals surface area contributed by atoms with Crippen LogP contribution in [0.1, 0.15) is 12.5 Å². The van der Waals surface area contributed by atoms with E-state index < -0.39 is 23.9 Å². The van der Waals surface area contributed by atoms with Crippen molar-refractivity contribution in [1.29, 1.82) is 0 Å². The van der Waals surface area contributed by atoms with Crippen molar-refractivity contribution in [3.8, 4) is 5.75 Å². The predicted octanol–water partition coefficient (Wildman–Crippen LogP) is 2.33. The molecule has 2 aliphatic heterocycles. The molecule has 0 aliphatic carbocycles. The highest BCUT2D eigenvalue weighted by atomic mass is 16.5. The number of ether oxygens (including phenoxy) is 1. The number of imide groups is 1. The van der Waals surface area contributed by atoms with Crippen molar-refractivity contribution in [3.05, 3.63) is 54.1 Å². The van der Waals surface area contributed by atoms with Gasteiger partial charge in [0.25, 0.3) is 11.8 Å². The Balaban J connectivity index is 1.43. The summed E-state index contributed by atoms with van der Waals surface area (Å²) < 4.78 is 5.37. The van der Waals surface area contributed by atoms with Gasteiger partial charge in [0, 0.05) is 5.69 Å². The van der Waals surface area contributed by atoms with E-state index in [4.69, 9.17) is 4.74 Å². The molecule has 3 amide bonds. The smallest absolute Gasteiger partial charge is 0.263 e. The van der Waals surface area contributed by atoms with E-state index in [9.17, 15) is 14.4 Å². The van der Waals surface area contributed by atoms with Crippen LogP contribution in [0.15, 0.2) is 58.9 Å². The lowest BCUT2D eigenvalue weighted by atomic mass is 10.1. The van der Waals surface area contributed by atoms with Crippen LogP contribution in [0.25, 0.3) is 0 Å². The van der Waals surface area contributed by atoms with E-state index in [1.807, 2.05) is 26.0 Å². The van der Waals surface area contributed by atoms with E-state index >= 15 is 0 Å². The Bertz CT molecular complexity index is 1000. The first kappa shape index (κ1) is 19.6. The molecule has 2 aromatic carbocycles. The van der Waals surface area contributed by atoms with Gasteiger partial charge in [-0.05, 0) is 50.2 Å². The maximum Gasteiger partial charge on any atom is 0.263 e. The molecule has 0 spiro atoms. The number of hydrogen-bond donors (Lipinski definition) is 1. The van der Waals surface area contributed by atoms with Gasteiger partial charge in [-0.25, -0.2) is 4.90 Å². The molecule has 9 nitrogen and oxygen atoms in total. The zero-order valence-corrected chi connectivity index (χ0v) is 16.6. The lowest BCUT2D eigenvalue weighted by molar-refractivity contribution is -0.123. The van der Waals surface area contributed by atoms with E-state index in [-0.39, 0.29) is 12.5 Å². The minimum Gasteiger partial charge on any atom is -0.494 e. The van der Waals surface area contributed by atoms with E-state index in [1.165, 1.54) is 5.01 Å². The summed E-state index contributed by atoms with van der Waals surface area (Å²) in [7, 11) is 0. The van der Waals surface area contributed by atoms with E-state index in [0.29, 0.717) is 23.7 Å². The molecule has 4 rings (SSSR count). The zero-order valence-electron chi connectivity index (χ0n) is 16.6. The number of anilines is 2. The number of amides is 3. The van der Waals surface area contributed by atoms with Gasteiger partial charge in [-0.3, -0.25) is 19.4 Å². The molecule has 0 aromatic heterocycles. The van der Waals surface area contributed by atoms with Gasteiger partial charge in [0.1, 0.15) is 12.3 Å². The molecule has 2 atom stereocenters. The number of hydrogen-bond acceptors (Lipinski definition) is 7. The number of fused-ring (bicyclic) bond motifs is 1. The average Bonchev–Trinajstić information content (AvgIpc) is 3.24. The summed E-state index contributed by atoms with van der Waals surface area (Å²) in [6.07, 6.45) is 0. The molecule has 154 valence electrons. The normalized spacial score (nSPS) is 19.9. The van der Waals surface area contributed by atoms with Gasteiger partial charge in [0.2, 0.25) is 5.91 Å². The number of carbonyl (C=O) groups excluding carboxylic acids is 3. The molecule has 1 saturated heterocycles. The van der Waals surface area contributed by atoms with Crippen LogP contribution in [0, 0.1) is 6.92 Å². The van der Waals surface area contributed by atoms with Crippen molar-refractivity contribution in [2.24, 2.45) is 10.3 Å². The first-order chi connectivity index (χ1) is 14.5. The van der Waals surface area contributed by atoms with Gasteiger partial charge in [0.05, 0.1) is 12.3 Å². The van der Waals surface area contributed by atoms with Crippen molar-refractivity contribution in [3.63, 3.8) is 0 Å². The highest BCUT2D eigenvalue weighted by molar-refractivity contribution is 6.25. The summed E-state index contributed by atoms with van der Waals surface area (Å²) in [5.41, 5.74) is 2.09. The first-order valence-corrected chi connectivity index (χ1v) is 9.62. The topological polar surface area (TPSA) is 104 Å². The molecule has 0 bridgehead atoms. The van der Waals surface area contributed by atoms with Crippen molar-refractivity contribution >= 4 is 29.1 Å². The SMILES string of the molecule is CCOc1ccc(NC(=O)CN2N=N[C@@H]3C(=O)N(c4ccc(C)cc4)C(=O)[C@H]32)cc1. The van der Waals surface area contributed by atoms with Gasteiger partial charge in [-0.2, -0.15) is 5.11 Å². The number of rotatable bonds is 6. The summed E-state index contributed by atoms with van der Waals surface area (Å²) in [6, 6.07) is 12.2. The highest BCUT2D eigenvalue weighted by Crippen LogP contribution is 2.31. The van der Waals surface area contributed by atoms with Crippen molar-refractivity contribution in [2.45, 2.75) is 25.9 Å². The average molecular weight is 407 g/mol. The summed E-state index contributed by atoms with van der Waals surface area (Å²) in [6.45, 7) is 4.17. The summed E-state index contributed by atoms with van der Waals surface area (Å²) >= 11 is 0. The molecule has 9 heteroatoms. The standard InChI is InChI=1S/C21H21N5O4/c1-3-30-16-10-6-14(7-11-16)22-17(27)12-25-19-18(23-24-25)20(28)26(21(19)29)15-8-4-13(2)5-9-15/h4-11,18-19H,3,12H2,1-2H3,(H,22,27)/t18-,19-/m0/s1. The second-order valence-corrected chi connectivity index (χ2v) is 7.05. The fraction of sp³-hybridized carbons (Fsp3) is 0.286. The first-order valence-electron chi connectivity index (χ1n) is 9.62. The lowest BCUT2D eigenvalue weighted by Gasteiger charge is -2.20. The van der Waals surface area contributed by atoms with Crippen LogP contribution in [-0.4, -0.2) is 48.0 Å². The Morgan fingerprint density at radius 2 is 1.77 bits per heavy atom. The monoisotopic (exact) mass is 407 g/mol. The van der Waals surface area contributed by atoms with Crippen LogP contribution >= 0.6 is 0 Å².